The van der Waals surface area contributed by atoms with Crippen LogP contribution in [0, 0.1) is 0 Å². The summed E-state index contributed by atoms with van der Waals surface area (Å²) in [4.78, 5) is 10.2. The predicted octanol–water partition coefficient (Wildman–Crippen LogP) is 9.44. The van der Waals surface area contributed by atoms with Crippen LogP contribution in [0.3, 0.4) is 0 Å². The third kappa shape index (κ3) is 5.16. The predicted molar refractivity (Wildman–Crippen MR) is 295 cm³/mol. The minimum absolute atomic E-state index is 0.105. The number of benzene rings is 9. The van der Waals surface area contributed by atoms with Gasteiger partial charge in [0.2, 0.25) is 6.71 Å². The summed E-state index contributed by atoms with van der Waals surface area (Å²) >= 11 is 3.73. The molecule has 9 heteroatoms. The van der Waals surface area contributed by atoms with Crippen LogP contribution in [0.5, 0.6) is 17.2 Å². The summed E-state index contributed by atoms with van der Waals surface area (Å²) in [5.74, 6) is 3.01. The molecular formula is C61H40B2N2O2S2Si. The smallest absolute Gasteiger partial charge is 0.253 e. The number of hydrogen-bond acceptors (Lipinski definition) is 6. The maximum atomic E-state index is 7.25. The second kappa shape index (κ2) is 14.4. The molecule has 0 aromatic heterocycles. The maximum Gasteiger partial charge on any atom is 0.253 e. The van der Waals surface area contributed by atoms with Crippen molar-refractivity contribution in [1.29, 1.82) is 0 Å². The number of allylic oxidation sites excluding steroid dienone is 2. The Hall–Kier alpha value is -7.29. The molecule has 0 bridgehead atoms. The van der Waals surface area contributed by atoms with Crippen molar-refractivity contribution < 1.29 is 9.47 Å². The molecule has 1 aliphatic carbocycles. The highest BCUT2D eigenvalue weighted by atomic mass is 32.2. The molecule has 0 radical (unpaired) electrons. The Balaban J connectivity index is 0.885. The molecule has 6 aliphatic heterocycles. The molecule has 1 spiro atoms. The van der Waals surface area contributed by atoms with Gasteiger partial charge in [0, 0.05) is 66.0 Å². The Morgan fingerprint density at radius 2 is 1.03 bits per heavy atom. The van der Waals surface area contributed by atoms with E-state index in [2.05, 4.69) is 235 Å². The average molecular weight is 947 g/mol. The number of ether oxygens (including phenoxy) is 2. The van der Waals surface area contributed by atoms with Crippen LogP contribution in [0.25, 0.3) is 0 Å². The first-order valence-electron chi connectivity index (χ1n) is 24.3. The van der Waals surface area contributed by atoms with Gasteiger partial charge in [-0.3, -0.25) is 0 Å². The minimum atomic E-state index is -3.04. The van der Waals surface area contributed by atoms with Gasteiger partial charge in [0.15, 0.2) is 8.07 Å². The monoisotopic (exact) mass is 946 g/mol. The molecule has 0 saturated heterocycles. The fourth-order valence-electron chi connectivity index (χ4n) is 13.3. The van der Waals surface area contributed by atoms with E-state index in [1.807, 2.05) is 23.5 Å². The standard InChI is InChI=1S/C61H40B2N2O2S2Si/c1-61-34-15-14-31-58(61)63-42-18-3-9-25-51(42)69-53-37-39(36-49(67-61)60(53)63)65-45-21-6-12-29-56(45)70(57-30-13-7-22-46(57)65)54-27-10-4-19-43(54)64(44-20-5-11-28-55(44)70)38-32-33-40-48(35-38)66-47-23-16-26-52-59(47)62(40)41-17-2-8-24-50(41)68-52/h2-37,58H,1H3. The molecule has 9 aromatic rings. The van der Waals surface area contributed by atoms with E-state index in [9.17, 15) is 0 Å². The molecule has 9 aromatic carbocycles. The summed E-state index contributed by atoms with van der Waals surface area (Å²) in [6, 6.07) is 73.1. The van der Waals surface area contributed by atoms with Crippen molar-refractivity contribution in [3.05, 3.63) is 218 Å². The quantitative estimate of drug-likeness (QED) is 0.160. The first kappa shape index (κ1) is 39.5. The SMILES string of the molecule is CC12C=CC=CC1B1c3ccccc3Sc3cc(N4c5ccccc5[Si]5(c6ccccc6N(c6ccc7c(c6)Oc6cccc8c6B7c6ccccc6S8)c6ccccc65)c5ccccc54)cc(c31)O2. The number of rotatable bonds is 2. The van der Waals surface area contributed by atoms with Gasteiger partial charge in [-0.25, -0.2) is 0 Å². The lowest BCUT2D eigenvalue weighted by atomic mass is 9.29. The van der Waals surface area contributed by atoms with Crippen molar-refractivity contribution in [3.63, 3.8) is 0 Å². The zero-order chi connectivity index (χ0) is 45.9. The summed E-state index contributed by atoms with van der Waals surface area (Å²) in [6.45, 7) is 2.56. The van der Waals surface area contributed by atoms with Gasteiger partial charge in [-0.1, -0.05) is 174 Å². The van der Waals surface area contributed by atoms with Crippen LogP contribution in [0.2, 0.25) is 5.82 Å². The van der Waals surface area contributed by atoms with Crippen LogP contribution in [0.15, 0.2) is 238 Å². The van der Waals surface area contributed by atoms with Crippen molar-refractivity contribution in [2.75, 3.05) is 9.80 Å². The molecule has 7 aliphatic rings. The normalized spacial score (nSPS) is 19.1. The first-order valence-corrected chi connectivity index (χ1v) is 27.9. The first-order chi connectivity index (χ1) is 34.6. The maximum absolute atomic E-state index is 7.25. The molecule has 4 nitrogen and oxygen atoms in total. The molecule has 16 rings (SSSR count). The minimum Gasteiger partial charge on any atom is -0.484 e. The van der Waals surface area contributed by atoms with Crippen LogP contribution in [0.1, 0.15) is 6.92 Å². The van der Waals surface area contributed by atoms with Crippen LogP contribution in [-0.4, -0.2) is 27.1 Å². The van der Waals surface area contributed by atoms with Crippen molar-refractivity contribution in [2.24, 2.45) is 0 Å². The second-order valence-corrected chi connectivity index (χ2v) is 25.4. The van der Waals surface area contributed by atoms with Crippen LogP contribution in [0.4, 0.5) is 34.1 Å². The summed E-state index contributed by atoms with van der Waals surface area (Å²) < 4.78 is 14.2. The number of fused-ring (bicyclic) bond motifs is 16. The third-order valence-electron chi connectivity index (χ3n) is 16.1. The van der Waals surface area contributed by atoms with E-state index in [1.165, 1.54) is 90.4 Å². The van der Waals surface area contributed by atoms with E-state index in [0.717, 1.165) is 28.6 Å². The highest BCUT2D eigenvalue weighted by molar-refractivity contribution is 8.00. The van der Waals surface area contributed by atoms with Crippen molar-refractivity contribution >= 4 is 127 Å². The fourth-order valence-corrected chi connectivity index (χ4v) is 21.1. The lowest BCUT2D eigenvalue weighted by Gasteiger charge is -2.50. The number of para-hydroxylation sites is 4. The summed E-state index contributed by atoms with van der Waals surface area (Å²) in [6.07, 6.45) is 8.98. The Bertz CT molecular complexity index is 3760. The molecule has 328 valence electrons. The molecule has 0 amide bonds. The lowest BCUT2D eigenvalue weighted by molar-refractivity contribution is 0.138. The van der Waals surface area contributed by atoms with Gasteiger partial charge in [-0.05, 0) is 111 Å². The molecular weight excluding hydrogens is 907 g/mol. The van der Waals surface area contributed by atoms with E-state index < -0.39 is 13.7 Å². The van der Waals surface area contributed by atoms with Crippen molar-refractivity contribution in [2.45, 2.75) is 37.9 Å². The van der Waals surface area contributed by atoms with Gasteiger partial charge >= 0.3 is 0 Å². The average Bonchev–Trinajstić information content (AvgIpc) is 3.41. The lowest BCUT2D eigenvalue weighted by Crippen LogP contribution is -2.79. The van der Waals surface area contributed by atoms with Crippen LogP contribution >= 0.6 is 23.5 Å². The second-order valence-electron chi connectivity index (χ2n) is 19.6. The molecule has 2 atom stereocenters. The topological polar surface area (TPSA) is 24.9 Å². The number of hydrogen-bond donors (Lipinski definition) is 0. The van der Waals surface area contributed by atoms with Crippen molar-refractivity contribution in [1.82, 2.24) is 0 Å². The molecule has 0 N–H and O–H groups in total. The highest BCUT2D eigenvalue weighted by Gasteiger charge is 2.55. The molecule has 0 fully saturated rings. The highest BCUT2D eigenvalue weighted by Crippen LogP contribution is 2.50. The zero-order valence-corrected chi connectivity index (χ0v) is 40.7. The fraction of sp³-hybridized carbons (Fsp3) is 0.0492. The summed E-state index contributed by atoms with van der Waals surface area (Å²) in [5, 5.41) is 5.49. The van der Waals surface area contributed by atoms with Gasteiger partial charge in [0.05, 0.1) is 5.69 Å². The summed E-state index contributed by atoms with van der Waals surface area (Å²) in [5.41, 5.74) is 13.1. The van der Waals surface area contributed by atoms with E-state index >= 15 is 0 Å². The van der Waals surface area contributed by atoms with Crippen LogP contribution in [-0.2, 0) is 0 Å². The van der Waals surface area contributed by atoms with Gasteiger partial charge in [-0.2, -0.15) is 0 Å². The number of nitrogens with zero attached hydrogens (tertiary/aromatic N) is 2. The van der Waals surface area contributed by atoms with E-state index in [4.69, 9.17) is 9.47 Å². The molecule has 70 heavy (non-hydrogen) atoms. The Morgan fingerprint density at radius 3 is 1.71 bits per heavy atom. The molecule has 2 unspecified atom stereocenters. The van der Waals surface area contributed by atoms with E-state index in [-0.39, 0.29) is 19.2 Å². The third-order valence-corrected chi connectivity index (χ3v) is 23.3. The Morgan fingerprint density at radius 1 is 0.471 bits per heavy atom. The molecule has 6 heterocycles. The number of anilines is 6. The zero-order valence-electron chi connectivity index (χ0n) is 38.0. The largest absolute Gasteiger partial charge is 0.484 e. The van der Waals surface area contributed by atoms with Gasteiger partial charge in [0.1, 0.15) is 22.8 Å². The summed E-state index contributed by atoms with van der Waals surface area (Å²) in [7, 11) is -3.04. The van der Waals surface area contributed by atoms with Gasteiger partial charge in [0.25, 0.3) is 6.71 Å². The Labute approximate surface area is 417 Å². The van der Waals surface area contributed by atoms with E-state index in [0.29, 0.717) is 0 Å². The Kier molecular flexibility index (Phi) is 8.13. The van der Waals surface area contributed by atoms with Gasteiger partial charge in [-0.15, -0.1) is 0 Å². The van der Waals surface area contributed by atoms with Crippen molar-refractivity contribution in [3.8, 4) is 17.2 Å². The van der Waals surface area contributed by atoms with Crippen LogP contribution < -0.4 is 67.3 Å². The van der Waals surface area contributed by atoms with E-state index in [1.54, 1.807) is 0 Å². The molecule has 0 saturated carbocycles. The van der Waals surface area contributed by atoms with Gasteiger partial charge < -0.3 is 19.3 Å².